The van der Waals surface area contributed by atoms with Gasteiger partial charge >= 0.3 is 0 Å². The highest BCUT2D eigenvalue weighted by molar-refractivity contribution is 5.90. The van der Waals surface area contributed by atoms with E-state index in [1.807, 2.05) is 12.1 Å². The van der Waals surface area contributed by atoms with E-state index in [2.05, 4.69) is 66.2 Å². The van der Waals surface area contributed by atoms with Crippen molar-refractivity contribution in [1.29, 1.82) is 0 Å². The van der Waals surface area contributed by atoms with E-state index in [0.29, 0.717) is 12.5 Å². The summed E-state index contributed by atoms with van der Waals surface area (Å²) >= 11 is 0. The second-order valence-corrected chi connectivity index (χ2v) is 5.25. The largest absolute Gasteiger partial charge is 0.366 e. The van der Waals surface area contributed by atoms with Crippen LogP contribution in [0.4, 0.5) is 11.8 Å². The Hall–Kier alpha value is -2.36. The molecule has 0 radical (unpaired) electrons. The van der Waals surface area contributed by atoms with Crippen LogP contribution in [-0.2, 0) is 0 Å². The molecule has 0 aliphatic carbocycles. The maximum Gasteiger partial charge on any atom is 0.225 e. The molecule has 1 heterocycles. The van der Waals surface area contributed by atoms with Gasteiger partial charge in [-0.05, 0) is 32.9 Å². The molecule has 110 valence electrons. The van der Waals surface area contributed by atoms with Crippen molar-refractivity contribution >= 4 is 22.7 Å². The lowest BCUT2D eigenvalue weighted by molar-refractivity contribution is 1.13. The number of nitrogens with one attached hydrogen (secondary N) is 2. The first-order valence-corrected chi connectivity index (χ1v) is 7.10. The number of rotatable bonds is 6. The van der Waals surface area contributed by atoms with Crippen molar-refractivity contribution in [2.45, 2.75) is 20.8 Å². The van der Waals surface area contributed by atoms with E-state index in [4.69, 9.17) is 0 Å². The van der Waals surface area contributed by atoms with Gasteiger partial charge < -0.3 is 10.6 Å². The van der Waals surface area contributed by atoms with Gasteiger partial charge in [0.05, 0.1) is 5.52 Å². The molecule has 0 unspecified atom stereocenters. The summed E-state index contributed by atoms with van der Waals surface area (Å²) in [5.41, 5.74) is 3.39. The highest BCUT2D eigenvalue weighted by Crippen LogP contribution is 2.23. The van der Waals surface area contributed by atoms with Crippen molar-refractivity contribution in [3.05, 3.63) is 48.1 Å². The molecule has 0 aliphatic rings. The summed E-state index contributed by atoms with van der Waals surface area (Å²) in [5, 5.41) is 7.55. The summed E-state index contributed by atoms with van der Waals surface area (Å²) in [4.78, 5) is 9.13. The van der Waals surface area contributed by atoms with Crippen molar-refractivity contribution in [3.63, 3.8) is 0 Å². The lowest BCUT2D eigenvalue weighted by Gasteiger charge is -2.11. The third-order valence-corrected chi connectivity index (χ3v) is 3.04. The van der Waals surface area contributed by atoms with Crippen LogP contribution in [0.1, 0.15) is 19.4 Å². The molecule has 0 spiro atoms. The average Bonchev–Trinajstić information content (AvgIpc) is 2.45. The van der Waals surface area contributed by atoms with Gasteiger partial charge in [0.1, 0.15) is 5.82 Å². The summed E-state index contributed by atoms with van der Waals surface area (Å²) in [6.45, 7) is 11.3. The minimum absolute atomic E-state index is 0.635. The van der Waals surface area contributed by atoms with E-state index in [0.717, 1.165) is 23.3 Å². The highest BCUT2D eigenvalue weighted by Gasteiger charge is 2.07. The van der Waals surface area contributed by atoms with Gasteiger partial charge in [0.15, 0.2) is 0 Å². The molecule has 0 saturated carbocycles. The minimum Gasteiger partial charge on any atom is -0.366 e. The first-order chi connectivity index (χ1) is 10.1. The fourth-order valence-corrected chi connectivity index (χ4v) is 1.97. The van der Waals surface area contributed by atoms with Crippen LogP contribution in [0.3, 0.4) is 0 Å². The number of hydrogen-bond donors (Lipinski definition) is 2. The summed E-state index contributed by atoms with van der Waals surface area (Å²) in [7, 11) is 0. The van der Waals surface area contributed by atoms with Crippen LogP contribution in [0.2, 0.25) is 0 Å². The van der Waals surface area contributed by atoms with E-state index < -0.39 is 0 Å². The molecule has 0 aliphatic heterocycles. The average molecular weight is 282 g/mol. The first-order valence-electron chi connectivity index (χ1n) is 7.10. The molecule has 0 fully saturated rings. The second kappa shape index (κ2) is 6.88. The maximum absolute atomic E-state index is 4.57. The van der Waals surface area contributed by atoms with Crippen LogP contribution in [0, 0.1) is 6.92 Å². The normalized spacial score (nSPS) is 10.2. The van der Waals surface area contributed by atoms with E-state index in [1.165, 1.54) is 11.1 Å². The molecule has 2 N–H and O–H groups in total. The van der Waals surface area contributed by atoms with Crippen molar-refractivity contribution in [2.75, 3.05) is 23.7 Å². The number of allylic oxidation sites excluding steroid dienone is 1. The Morgan fingerprint density at radius 2 is 2.00 bits per heavy atom. The quantitative estimate of drug-likeness (QED) is 0.789. The lowest BCUT2D eigenvalue weighted by Crippen LogP contribution is -2.08. The lowest BCUT2D eigenvalue weighted by atomic mass is 10.1. The van der Waals surface area contributed by atoms with Crippen molar-refractivity contribution in [1.82, 2.24) is 9.97 Å². The number of hydrogen-bond acceptors (Lipinski definition) is 4. The molecule has 4 heteroatoms. The predicted molar refractivity (Wildman–Crippen MR) is 90.9 cm³/mol. The number of fused-ring (bicyclic) bond motifs is 1. The van der Waals surface area contributed by atoms with Crippen molar-refractivity contribution in [3.8, 4) is 0 Å². The zero-order valence-corrected chi connectivity index (χ0v) is 12.9. The second-order valence-electron chi connectivity index (χ2n) is 5.25. The van der Waals surface area contributed by atoms with Crippen LogP contribution in [0.5, 0.6) is 0 Å². The molecule has 21 heavy (non-hydrogen) atoms. The Bertz CT molecular complexity index is 670. The van der Waals surface area contributed by atoms with Crippen LogP contribution in [0.15, 0.2) is 42.5 Å². The molecule has 0 saturated heterocycles. The molecular weight excluding hydrogens is 260 g/mol. The third-order valence-electron chi connectivity index (χ3n) is 3.04. The van der Waals surface area contributed by atoms with Gasteiger partial charge in [-0.3, -0.25) is 0 Å². The van der Waals surface area contributed by atoms with Gasteiger partial charge in [-0.15, -0.1) is 6.58 Å². The Labute approximate surface area is 126 Å². The molecule has 0 amide bonds. The van der Waals surface area contributed by atoms with Gasteiger partial charge in [0.25, 0.3) is 0 Å². The van der Waals surface area contributed by atoms with Crippen LogP contribution in [-0.4, -0.2) is 23.1 Å². The molecule has 0 atom stereocenters. The Morgan fingerprint density at radius 1 is 1.19 bits per heavy atom. The molecule has 1 aromatic heterocycles. The Kier molecular flexibility index (Phi) is 4.93. The standard InChI is InChI=1S/C17H22N4/c1-5-9-18-16-14-11-13(4)6-7-15(14)20-17(21-16)19-10-8-12(2)3/h5-8,11H,1,9-10H2,2-4H3,(H2,18,19,20,21). The van der Waals surface area contributed by atoms with E-state index in [-0.39, 0.29) is 0 Å². The first kappa shape index (κ1) is 15.0. The SMILES string of the molecule is C=CCNc1nc(NCC=C(C)C)nc2ccc(C)cc12. The van der Waals surface area contributed by atoms with E-state index >= 15 is 0 Å². The monoisotopic (exact) mass is 282 g/mol. The summed E-state index contributed by atoms with van der Waals surface area (Å²) in [5.74, 6) is 1.47. The molecule has 4 nitrogen and oxygen atoms in total. The number of nitrogens with zero attached hydrogens (tertiary/aromatic N) is 2. The summed E-state index contributed by atoms with van der Waals surface area (Å²) < 4.78 is 0. The Balaban J connectivity index is 2.36. The van der Waals surface area contributed by atoms with Gasteiger partial charge in [0, 0.05) is 18.5 Å². The number of aromatic nitrogens is 2. The minimum atomic E-state index is 0.635. The van der Waals surface area contributed by atoms with Gasteiger partial charge in [-0.1, -0.05) is 29.4 Å². The fraction of sp³-hybridized carbons (Fsp3) is 0.294. The number of anilines is 2. The third kappa shape index (κ3) is 4.05. The zero-order valence-electron chi connectivity index (χ0n) is 12.9. The number of aryl methyl sites for hydroxylation is 1. The zero-order chi connectivity index (χ0) is 15.2. The van der Waals surface area contributed by atoms with Crippen molar-refractivity contribution < 1.29 is 0 Å². The predicted octanol–water partition coefficient (Wildman–Crippen LogP) is 3.91. The van der Waals surface area contributed by atoms with E-state index in [1.54, 1.807) is 0 Å². The summed E-state index contributed by atoms with van der Waals surface area (Å²) in [6, 6.07) is 6.19. The molecule has 2 rings (SSSR count). The summed E-state index contributed by atoms with van der Waals surface area (Å²) in [6.07, 6.45) is 3.93. The van der Waals surface area contributed by atoms with E-state index in [9.17, 15) is 0 Å². The van der Waals surface area contributed by atoms with Crippen LogP contribution < -0.4 is 10.6 Å². The molecular formula is C17H22N4. The van der Waals surface area contributed by atoms with Crippen LogP contribution >= 0.6 is 0 Å². The smallest absolute Gasteiger partial charge is 0.225 e. The van der Waals surface area contributed by atoms with Crippen LogP contribution in [0.25, 0.3) is 10.9 Å². The van der Waals surface area contributed by atoms with Gasteiger partial charge in [-0.25, -0.2) is 4.98 Å². The maximum atomic E-state index is 4.57. The highest BCUT2D eigenvalue weighted by atomic mass is 15.1. The number of benzene rings is 1. The molecule has 1 aromatic carbocycles. The Morgan fingerprint density at radius 3 is 2.71 bits per heavy atom. The fourth-order valence-electron chi connectivity index (χ4n) is 1.97. The molecule has 2 aromatic rings. The van der Waals surface area contributed by atoms with Gasteiger partial charge in [0.2, 0.25) is 5.95 Å². The topological polar surface area (TPSA) is 49.8 Å². The van der Waals surface area contributed by atoms with Gasteiger partial charge in [-0.2, -0.15) is 4.98 Å². The van der Waals surface area contributed by atoms with Crippen molar-refractivity contribution in [2.24, 2.45) is 0 Å². The molecule has 0 bridgehead atoms.